The molecule has 0 atom stereocenters. The molecule has 3 rings (SSSR count). The lowest BCUT2D eigenvalue weighted by molar-refractivity contribution is 0.432. The summed E-state index contributed by atoms with van der Waals surface area (Å²) >= 11 is 0. The molecule has 0 amide bonds. The van der Waals surface area contributed by atoms with E-state index in [1.807, 2.05) is 0 Å². The second kappa shape index (κ2) is 4.95. The third-order valence-corrected chi connectivity index (χ3v) is 3.86. The molecule has 0 fully saturated rings. The van der Waals surface area contributed by atoms with Crippen LogP contribution in [-0.2, 0) is 0 Å². The van der Waals surface area contributed by atoms with E-state index in [0.717, 1.165) is 0 Å². The second-order valence-electron chi connectivity index (χ2n) is 5.31. The molecule has 6 nitrogen and oxygen atoms in total. The predicted octanol–water partition coefficient (Wildman–Crippen LogP) is 2.90. The van der Waals surface area contributed by atoms with Crippen molar-refractivity contribution < 1.29 is 24.8 Å². The van der Waals surface area contributed by atoms with Crippen molar-refractivity contribution in [2.75, 3.05) is 0 Å². The van der Waals surface area contributed by atoms with Crippen LogP contribution in [0.3, 0.4) is 0 Å². The minimum atomic E-state index is -0.793. The summed E-state index contributed by atoms with van der Waals surface area (Å²) in [4.78, 5) is 12.4. The minimum Gasteiger partial charge on any atom is -0.508 e. The second-order valence-corrected chi connectivity index (χ2v) is 5.31. The Morgan fingerprint density at radius 1 is 0.826 bits per heavy atom. The van der Waals surface area contributed by atoms with E-state index in [4.69, 9.17) is 4.42 Å². The zero-order valence-electron chi connectivity index (χ0n) is 12.4. The Labute approximate surface area is 130 Å². The molecule has 0 aliphatic heterocycles. The van der Waals surface area contributed by atoms with Gasteiger partial charge in [0.2, 0.25) is 11.2 Å². The van der Waals surface area contributed by atoms with Gasteiger partial charge in [-0.15, -0.1) is 0 Å². The SMILES string of the molecule is Cc1c(O)c(C)c2oc(-c3ccc(O)cc3)c(O)c(=O)c2c1O. The summed E-state index contributed by atoms with van der Waals surface area (Å²) in [5.74, 6) is -1.33. The van der Waals surface area contributed by atoms with Gasteiger partial charge in [-0.05, 0) is 38.1 Å². The molecule has 0 saturated heterocycles. The highest BCUT2D eigenvalue weighted by Gasteiger charge is 2.23. The van der Waals surface area contributed by atoms with Gasteiger partial charge in [-0.1, -0.05) is 0 Å². The third-order valence-electron chi connectivity index (χ3n) is 3.86. The van der Waals surface area contributed by atoms with Crippen LogP contribution in [0.1, 0.15) is 11.1 Å². The molecule has 1 aromatic heterocycles. The highest BCUT2D eigenvalue weighted by atomic mass is 16.4. The molecule has 3 aromatic rings. The smallest absolute Gasteiger partial charge is 0.238 e. The highest BCUT2D eigenvalue weighted by Crippen LogP contribution is 2.40. The number of fused-ring (bicyclic) bond motifs is 1. The quantitative estimate of drug-likeness (QED) is 0.549. The number of hydrogen-bond acceptors (Lipinski definition) is 6. The molecule has 0 spiro atoms. The van der Waals surface area contributed by atoms with E-state index in [-0.39, 0.29) is 39.4 Å². The van der Waals surface area contributed by atoms with E-state index < -0.39 is 16.9 Å². The first-order valence-corrected chi connectivity index (χ1v) is 6.83. The Balaban J connectivity index is 2.46. The predicted molar refractivity (Wildman–Crippen MR) is 84.1 cm³/mol. The lowest BCUT2D eigenvalue weighted by atomic mass is 10.0. The van der Waals surface area contributed by atoms with Gasteiger partial charge in [-0.2, -0.15) is 0 Å². The van der Waals surface area contributed by atoms with Crippen molar-refractivity contribution in [1.82, 2.24) is 0 Å². The lowest BCUT2D eigenvalue weighted by Gasteiger charge is -2.12. The first kappa shape index (κ1) is 14.8. The number of phenolic OH excluding ortho intramolecular Hbond substituents is 3. The van der Waals surface area contributed by atoms with Gasteiger partial charge in [0, 0.05) is 16.7 Å². The van der Waals surface area contributed by atoms with Crippen LogP contribution < -0.4 is 5.43 Å². The van der Waals surface area contributed by atoms with E-state index in [1.54, 1.807) is 6.92 Å². The fraction of sp³-hybridized carbons (Fsp3) is 0.118. The summed E-state index contributed by atoms with van der Waals surface area (Å²) in [5.41, 5.74) is -0.000679. The van der Waals surface area contributed by atoms with Crippen molar-refractivity contribution in [3.05, 3.63) is 45.6 Å². The largest absolute Gasteiger partial charge is 0.508 e. The zero-order chi connectivity index (χ0) is 16.9. The molecule has 0 aliphatic rings. The zero-order valence-corrected chi connectivity index (χ0v) is 12.4. The summed E-state index contributed by atoms with van der Waals surface area (Å²) in [7, 11) is 0. The Hall–Kier alpha value is -3.15. The molecule has 0 unspecified atom stereocenters. The molecule has 1 heterocycles. The van der Waals surface area contributed by atoms with E-state index in [1.165, 1.54) is 31.2 Å². The summed E-state index contributed by atoms with van der Waals surface area (Å²) in [6.45, 7) is 3.01. The molecular weight excluding hydrogens is 300 g/mol. The van der Waals surface area contributed by atoms with E-state index in [2.05, 4.69) is 0 Å². The molecule has 6 heteroatoms. The van der Waals surface area contributed by atoms with Crippen LogP contribution in [-0.4, -0.2) is 20.4 Å². The Kier molecular flexibility index (Phi) is 3.18. The van der Waals surface area contributed by atoms with Gasteiger partial charge in [-0.25, -0.2) is 0 Å². The summed E-state index contributed by atoms with van der Waals surface area (Å²) in [6.07, 6.45) is 0. The minimum absolute atomic E-state index is 0.00326. The first-order valence-electron chi connectivity index (χ1n) is 6.83. The topological polar surface area (TPSA) is 111 Å². The van der Waals surface area contributed by atoms with Crippen molar-refractivity contribution in [1.29, 1.82) is 0 Å². The van der Waals surface area contributed by atoms with Gasteiger partial charge < -0.3 is 24.8 Å². The van der Waals surface area contributed by atoms with E-state index in [9.17, 15) is 25.2 Å². The Bertz CT molecular complexity index is 983. The number of rotatable bonds is 1. The maximum absolute atomic E-state index is 12.4. The molecular formula is C17H14O6. The molecule has 4 N–H and O–H groups in total. The molecule has 0 bridgehead atoms. The molecule has 0 aliphatic carbocycles. The third kappa shape index (κ3) is 2.07. The average Bonchev–Trinajstić information content (AvgIpc) is 2.54. The summed E-state index contributed by atoms with van der Waals surface area (Å²) in [5, 5.41) is 39.4. The summed E-state index contributed by atoms with van der Waals surface area (Å²) < 4.78 is 5.60. The van der Waals surface area contributed by atoms with Gasteiger partial charge >= 0.3 is 0 Å². The van der Waals surface area contributed by atoms with Crippen LogP contribution in [0.5, 0.6) is 23.0 Å². The maximum atomic E-state index is 12.4. The van der Waals surface area contributed by atoms with Gasteiger partial charge in [0.1, 0.15) is 28.2 Å². The standard InChI is InChI=1S/C17H14O6/c1-7-12(19)8(2)16-11(13(7)20)14(21)15(22)17(23-16)9-3-5-10(18)6-4-9/h3-6,18-20,22H,1-2H3. The van der Waals surface area contributed by atoms with E-state index >= 15 is 0 Å². The normalized spacial score (nSPS) is 11.0. The van der Waals surface area contributed by atoms with Crippen LogP contribution in [0.4, 0.5) is 0 Å². The van der Waals surface area contributed by atoms with Crippen LogP contribution >= 0.6 is 0 Å². The van der Waals surface area contributed by atoms with Gasteiger partial charge in [0.05, 0.1) is 0 Å². The molecule has 0 radical (unpaired) electrons. The van der Waals surface area contributed by atoms with Crippen LogP contribution in [0.2, 0.25) is 0 Å². The lowest BCUT2D eigenvalue weighted by Crippen LogP contribution is -2.05. The Morgan fingerprint density at radius 2 is 1.43 bits per heavy atom. The van der Waals surface area contributed by atoms with Gasteiger partial charge in [0.15, 0.2) is 5.76 Å². The monoisotopic (exact) mass is 314 g/mol. The van der Waals surface area contributed by atoms with Crippen LogP contribution in [0.25, 0.3) is 22.3 Å². The van der Waals surface area contributed by atoms with Crippen molar-refractivity contribution >= 4 is 11.0 Å². The van der Waals surface area contributed by atoms with Crippen LogP contribution in [0.15, 0.2) is 33.5 Å². The average molecular weight is 314 g/mol. The number of phenols is 3. The number of hydrogen-bond donors (Lipinski definition) is 4. The fourth-order valence-electron chi connectivity index (χ4n) is 2.50. The van der Waals surface area contributed by atoms with Crippen molar-refractivity contribution in [2.45, 2.75) is 13.8 Å². The van der Waals surface area contributed by atoms with Crippen LogP contribution in [0, 0.1) is 13.8 Å². The molecule has 2 aromatic carbocycles. The first-order chi connectivity index (χ1) is 10.8. The van der Waals surface area contributed by atoms with Gasteiger partial charge in [0.25, 0.3) is 0 Å². The molecule has 0 saturated carbocycles. The fourth-order valence-corrected chi connectivity index (χ4v) is 2.50. The number of aryl methyl sites for hydroxylation is 1. The summed E-state index contributed by atoms with van der Waals surface area (Å²) in [6, 6.07) is 5.72. The molecule has 118 valence electrons. The Morgan fingerprint density at radius 3 is 2.04 bits per heavy atom. The highest BCUT2D eigenvalue weighted by molar-refractivity contribution is 5.92. The number of aromatic hydroxyl groups is 4. The molecule has 23 heavy (non-hydrogen) atoms. The maximum Gasteiger partial charge on any atom is 0.238 e. The number of benzene rings is 2. The van der Waals surface area contributed by atoms with Crippen molar-refractivity contribution in [2.24, 2.45) is 0 Å². The van der Waals surface area contributed by atoms with Crippen molar-refractivity contribution in [3.8, 4) is 34.3 Å². The van der Waals surface area contributed by atoms with Gasteiger partial charge in [-0.3, -0.25) is 4.79 Å². The van der Waals surface area contributed by atoms with E-state index in [0.29, 0.717) is 5.56 Å². The van der Waals surface area contributed by atoms with Crippen molar-refractivity contribution in [3.63, 3.8) is 0 Å².